The predicted octanol–water partition coefficient (Wildman–Crippen LogP) is 0.937. The van der Waals surface area contributed by atoms with Gasteiger partial charge in [0.25, 0.3) is 0 Å². The number of carboxylic acids is 1. The minimum absolute atomic E-state index is 0.0552. The number of β-amino-alcohol motifs (C(OH)–C–C–N with tert-alkyl or cyclic N) is 1. The third-order valence-corrected chi connectivity index (χ3v) is 3.53. The van der Waals surface area contributed by atoms with Crippen LogP contribution in [-0.4, -0.2) is 52.2 Å². The van der Waals surface area contributed by atoms with E-state index in [1.165, 1.54) is 11.0 Å². The third-order valence-electron chi connectivity index (χ3n) is 3.22. The van der Waals surface area contributed by atoms with Crippen LogP contribution in [0.3, 0.4) is 0 Å². The van der Waals surface area contributed by atoms with E-state index in [9.17, 15) is 19.1 Å². The summed E-state index contributed by atoms with van der Waals surface area (Å²) >= 11 is 5.79. The Labute approximate surface area is 125 Å². The maximum atomic E-state index is 12.9. The lowest BCUT2D eigenvalue weighted by atomic mass is 10.2. The summed E-state index contributed by atoms with van der Waals surface area (Å²) in [6.45, 7) is -0.0801. The molecule has 8 heteroatoms. The molecular formula is C13H14ClFN2O4. The number of carbonyl (C=O) groups excluding carboxylic acids is 1. The maximum absolute atomic E-state index is 12.9. The van der Waals surface area contributed by atoms with Gasteiger partial charge >= 0.3 is 5.97 Å². The molecule has 1 aliphatic rings. The lowest BCUT2D eigenvalue weighted by Crippen LogP contribution is -2.41. The molecule has 0 spiro atoms. The van der Waals surface area contributed by atoms with Crippen molar-refractivity contribution >= 4 is 29.2 Å². The molecule has 3 N–H and O–H groups in total. The van der Waals surface area contributed by atoms with Gasteiger partial charge in [-0.05, 0) is 18.2 Å². The van der Waals surface area contributed by atoms with Gasteiger partial charge in [0.15, 0.2) is 0 Å². The Balaban J connectivity index is 1.99. The van der Waals surface area contributed by atoms with Gasteiger partial charge in [0.05, 0.1) is 23.4 Å². The van der Waals surface area contributed by atoms with Crippen LogP contribution in [0, 0.1) is 5.82 Å². The first-order valence-corrected chi connectivity index (χ1v) is 6.64. The second kappa shape index (κ2) is 6.38. The van der Waals surface area contributed by atoms with Gasteiger partial charge in [-0.1, -0.05) is 11.6 Å². The largest absolute Gasteiger partial charge is 0.480 e. The summed E-state index contributed by atoms with van der Waals surface area (Å²) in [5, 5.41) is 21.1. The molecule has 2 unspecified atom stereocenters. The SMILES string of the molecule is O=C(CN1CC(O)CC1C(=O)O)Nc1ccc(F)cc1Cl. The predicted molar refractivity (Wildman–Crippen MR) is 73.7 cm³/mol. The molecule has 2 rings (SSSR count). The number of rotatable bonds is 4. The van der Waals surface area contributed by atoms with Gasteiger partial charge in [-0.2, -0.15) is 0 Å². The van der Waals surface area contributed by atoms with Crippen LogP contribution in [0.5, 0.6) is 0 Å². The number of carbonyl (C=O) groups is 2. The number of nitrogens with one attached hydrogen (secondary N) is 1. The standard InChI is InChI=1S/C13H14ClFN2O4/c14-9-3-7(15)1-2-10(9)16-12(19)6-17-5-8(18)4-11(17)13(20)21/h1-3,8,11,18H,4-6H2,(H,16,19)(H,20,21). The van der Waals surface area contributed by atoms with Crippen LogP contribution >= 0.6 is 11.6 Å². The Hall–Kier alpha value is -1.70. The van der Waals surface area contributed by atoms with Gasteiger partial charge < -0.3 is 15.5 Å². The van der Waals surface area contributed by atoms with Crippen molar-refractivity contribution < 1.29 is 24.2 Å². The highest BCUT2D eigenvalue weighted by atomic mass is 35.5. The lowest BCUT2D eigenvalue weighted by molar-refractivity contribution is -0.142. The highest BCUT2D eigenvalue weighted by Gasteiger charge is 2.36. The lowest BCUT2D eigenvalue weighted by Gasteiger charge is -2.20. The first-order valence-electron chi connectivity index (χ1n) is 6.26. The molecule has 1 heterocycles. The van der Waals surface area contributed by atoms with Crippen LogP contribution in [0.1, 0.15) is 6.42 Å². The smallest absolute Gasteiger partial charge is 0.321 e. The zero-order valence-electron chi connectivity index (χ0n) is 10.9. The summed E-state index contributed by atoms with van der Waals surface area (Å²) < 4.78 is 12.9. The molecule has 0 aliphatic carbocycles. The minimum Gasteiger partial charge on any atom is -0.480 e. The normalized spacial score (nSPS) is 22.2. The molecule has 1 fully saturated rings. The van der Waals surface area contributed by atoms with Crippen LogP contribution in [0.15, 0.2) is 18.2 Å². The van der Waals surface area contributed by atoms with Crippen LogP contribution in [0.25, 0.3) is 0 Å². The van der Waals surface area contributed by atoms with E-state index in [0.29, 0.717) is 0 Å². The summed E-state index contributed by atoms with van der Waals surface area (Å²) in [5.74, 6) is -2.09. The average Bonchev–Trinajstić information content (AvgIpc) is 2.74. The van der Waals surface area contributed by atoms with Crippen molar-refractivity contribution in [2.75, 3.05) is 18.4 Å². The van der Waals surface area contributed by atoms with Gasteiger partial charge in [0.2, 0.25) is 5.91 Å². The molecule has 6 nitrogen and oxygen atoms in total. The Bertz CT molecular complexity index is 569. The molecule has 1 aromatic rings. The van der Waals surface area contributed by atoms with E-state index < -0.39 is 29.8 Å². The summed E-state index contributed by atoms with van der Waals surface area (Å²) in [4.78, 5) is 24.3. The van der Waals surface area contributed by atoms with Crippen molar-refractivity contribution in [1.82, 2.24) is 4.90 Å². The van der Waals surface area contributed by atoms with Crippen LogP contribution < -0.4 is 5.32 Å². The molecule has 0 bridgehead atoms. The number of benzene rings is 1. The van der Waals surface area contributed by atoms with Crippen LogP contribution in [-0.2, 0) is 9.59 Å². The van der Waals surface area contributed by atoms with Crippen molar-refractivity contribution in [1.29, 1.82) is 0 Å². The van der Waals surface area contributed by atoms with Crippen LogP contribution in [0.4, 0.5) is 10.1 Å². The number of likely N-dealkylation sites (tertiary alicyclic amines) is 1. The minimum atomic E-state index is -1.08. The molecule has 2 atom stereocenters. The fourth-order valence-electron chi connectivity index (χ4n) is 2.28. The number of carboxylic acid groups (broad SMARTS) is 1. The Morgan fingerprint density at radius 3 is 2.81 bits per heavy atom. The zero-order chi connectivity index (χ0) is 15.6. The zero-order valence-corrected chi connectivity index (χ0v) is 11.7. The summed E-state index contributed by atoms with van der Waals surface area (Å²) in [6, 6.07) is 2.65. The first kappa shape index (κ1) is 15.7. The number of aliphatic hydroxyl groups excluding tert-OH is 1. The molecule has 114 valence electrons. The molecule has 1 saturated heterocycles. The highest BCUT2D eigenvalue weighted by Crippen LogP contribution is 2.23. The van der Waals surface area contributed by atoms with E-state index in [1.807, 2.05) is 0 Å². The molecule has 0 saturated carbocycles. The molecular weight excluding hydrogens is 303 g/mol. The number of aliphatic hydroxyl groups is 1. The number of aliphatic carboxylic acids is 1. The Morgan fingerprint density at radius 1 is 1.48 bits per heavy atom. The summed E-state index contributed by atoms with van der Waals surface area (Å²) in [5.41, 5.74) is 0.245. The van der Waals surface area contributed by atoms with Gasteiger partial charge in [-0.25, -0.2) is 4.39 Å². The molecule has 1 amide bonds. The van der Waals surface area contributed by atoms with E-state index in [2.05, 4.69) is 5.32 Å². The van der Waals surface area contributed by atoms with E-state index in [-0.39, 0.29) is 30.2 Å². The summed E-state index contributed by atoms with van der Waals surface area (Å²) in [7, 11) is 0. The first-order chi connectivity index (χ1) is 9.86. The molecule has 1 aromatic carbocycles. The van der Waals surface area contributed by atoms with Gasteiger partial charge in [0.1, 0.15) is 11.9 Å². The van der Waals surface area contributed by atoms with E-state index in [4.69, 9.17) is 16.7 Å². The van der Waals surface area contributed by atoms with Crippen LogP contribution in [0.2, 0.25) is 5.02 Å². The number of nitrogens with zero attached hydrogens (tertiary/aromatic N) is 1. The van der Waals surface area contributed by atoms with E-state index in [0.717, 1.165) is 12.1 Å². The van der Waals surface area contributed by atoms with E-state index in [1.54, 1.807) is 0 Å². The Kier molecular flexibility index (Phi) is 4.76. The Morgan fingerprint density at radius 2 is 2.19 bits per heavy atom. The average molecular weight is 317 g/mol. The van der Waals surface area contributed by atoms with Crippen molar-refractivity contribution in [3.63, 3.8) is 0 Å². The topological polar surface area (TPSA) is 89.9 Å². The monoisotopic (exact) mass is 316 g/mol. The fourth-order valence-corrected chi connectivity index (χ4v) is 2.49. The summed E-state index contributed by atoms with van der Waals surface area (Å²) in [6.07, 6.45) is -0.687. The number of halogens is 2. The third kappa shape index (κ3) is 3.90. The van der Waals surface area contributed by atoms with Crippen molar-refractivity contribution in [3.8, 4) is 0 Å². The maximum Gasteiger partial charge on any atom is 0.321 e. The number of hydrogen-bond acceptors (Lipinski definition) is 4. The molecule has 0 aromatic heterocycles. The fraction of sp³-hybridized carbons (Fsp3) is 0.385. The molecule has 21 heavy (non-hydrogen) atoms. The van der Waals surface area contributed by atoms with Crippen molar-refractivity contribution in [2.24, 2.45) is 0 Å². The number of amides is 1. The second-order valence-corrected chi connectivity index (χ2v) is 5.25. The van der Waals surface area contributed by atoms with Crippen molar-refractivity contribution in [2.45, 2.75) is 18.6 Å². The van der Waals surface area contributed by atoms with Gasteiger partial charge in [-0.15, -0.1) is 0 Å². The van der Waals surface area contributed by atoms with Gasteiger partial charge in [-0.3, -0.25) is 14.5 Å². The quantitative estimate of drug-likeness (QED) is 0.769. The van der Waals surface area contributed by atoms with E-state index >= 15 is 0 Å². The highest BCUT2D eigenvalue weighted by molar-refractivity contribution is 6.33. The second-order valence-electron chi connectivity index (χ2n) is 4.85. The molecule has 0 radical (unpaired) electrons. The van der Waals surface area contributed by atoms with Crippen molar-refractivity contribution in [3.05, 3.63) is 29.0 Å². The van der Waals surface area contributed by atoms with Gasteiger partial charge in [0, 0.05) is 13.0 Å². The number of hydrogen-bond donors (Lipinski definition) is 3. The molecule has 1 aliphatic heterocycles. The number of anilines is 1.